The van der Waals surface area contributed by atoms with Crippen molar-refractivity contribution in [2.45, 2.75) is 238 Å². The summed E-state index contributed by atoms with van der Waals surface area (Å²) in [6.07, 6.45) is 62.2. The molecule has 72 heavy (non-hydrogen) atoms. The van der Waals surface area contributed by atoms with Crippen molar-refractivity contribution >= 4 is 25.7 Å². The van der Waals surface area contributed by atoms with Crippen LogP contribution in [-0.4, -0.2) is 66.5 Å². The van der Waals surface area contributed by atoms with Gasteiger partial charge in [-0.05, 0) is 109 Å². The molecule has 12 heteroatoms. The van der Waals surface area contributed by atoms with Crippen molar-refractivity contribution in [2.75, 3.05) is 26.4 Å². The molecule has 412 valence electrons. The van der Waals surface area contributed by atoms with Crippen LogP contribution in [0.3, 0.4) is 0 Å². The average Bonchev–Trinajstić information content (AvgIpc) is 3.37. The first-order valence-electron chi connectivity index (χ1n) is 28.1. The molecule has 3 unspecified atom stereocenters. The monoisotopic (exact) mass is 1030 g/mol. The van der Waals surface area contributed by atoms with Crippen LogP contribution in [0.5, 0.6) is 0 Å². The largest absolute Gasteiger partial charge is 0.472 e. The van der Waals surface area contributed by atoms with E-state index in [9.17, 15) is 28.9 Å². The van der Waals surface area contributed by atoms with Crippen molar-refractivity contribution < 1.29 is 52.2 Å². The Morgan fingerprint density at radius 3 is 1.12 bits per heavy atom. The lowest BCUT2D eigenvalue weighted by Gasteiger charge is -2.21. The third-order valence-electron chi connectivity index (χ3n) is 11.5. The number of carbonyl (C=O) groups excluding carboxylic acids is 3. The summed E-state index contributed by atoms with van der Waals surface area (Å²) in [7, 11) is -4.76. The van der Waals surface area contributed by atoms with E-state index >= 15 is 0 Å². The number of phosphoric ester groups is 1. The molecule has 0 aromatic rings. The Balaban J connectivity index is 4.75. The molecule has 0 heterocycles. The maximum atomic E-state index is 12.9. The van der Waals surface area contributed by atoms with Gasteiger partial charge in [-0.1, -0.05) is 195 Å². The molecule has 0 aromatic heterocycles. The SMILES string of the molecule is CC/C=C\C/C=C\C/C=C\C/C=C\CCCCCCCCC(=O)OC(COC(=O)CCCCCCC/C=C\CCCC)COP(=O)(O)OCC(CO)OC(=O)CCCCCCC/C=C\C/C=C\C/C=C\CC. The van der Waals surface area contributed by atoms with Gasteiger partial charge in [0, 0.05) is 19.3 Å². The maximum absolute atomic E-state index is 12.9. The van der Waals surface area contributed by atoms with Gasteiger partial charge in [-0.15, -0.1) is 0 Å². The second kappa shape index (κ2) is 53.7. The summed E-state index contributed by atoms with van der Waals surface area (Å²) in [5.74, 6) is -1.52. The number of unbranched alkanes of at least 4 members (excludes halogenated alkanes) is 18. The highest BCUT2D eigenvalue weighted by Crippen LogP contribution is 2.43. The zero-order chi connectivity index (χ0) is 52.7. The molecule has 0 rings (SSSR count). The summed E-state index contributed by atoms with van der Waals surface area (Å²) < 4.78 is 39.4. The molecule has 3 atom stereocenters. The van der Waals surface area contributed by atoms with E-state index in [1.54, 1.807) is 0 Å². The number of carbonyl (C=O) groups is 3. The van der Waals surface area contributed by atoms with E-state index in [1.165, 1.54) is 12.8 Å². The van der Waals surface area contributed by atoms with E-state index in [4.69, 9.17) is 23.3 Å². The van der Waals surface area contributed by atoms with Gasteiger partial charge in [0.2, 0.25) is 0 Å². The molecule has 0 saturated heterocycles. The summed E-state index contributed by atoms with van der Waals surface area (Å²) in [6.45, 7) is 4.32. The van der Waals surface area contributed by atoms with Gasteiger partial charge >= 0.3 is 25.7 Å². The molecular weight excluding hydrogens is 928 g/mol. The summed E-state index contributed by atoms with van der Waals surface area (Å²) in [5, 5.41) is 9.80. The summed E-state index contributed by atoms with van der Waals surface area (Å²) in [4.78, 5) is 48.5. The summed E-state index contributed by atoms with van der Waals surface area (Å²) in [6, 6.07) is 0. The first kappa shape index (κ1) is 68.4. The molecule has 0 saturated carbocycles. The molecule has 2 N–H and O–H groups in total. The van der Waals surface area contributed by atoms with E-state index in [0.29, 0.717) is 19.3 Å². The third-order valence-corrected chi connectivity index (χ3v) is 12.4. The van der Waals surface area contributed by atoms with Crippen LogP contribution in [0.15, 0.2) is 97.2 Å². The number of aliphatic hydroxyl groups is 1. The van der Waals surface area contributed by atoms with Crippen LogP contribution in [0.2, 0.25) is 0 Å². The first-order valence-corrected chi connectivity index (χ1v) is 29.6. The standard InChI is InChI=1S/C60H101O11P/c1-4-7-10-13-16-19-22-24-26-27-28-29-31-33-36-39-42-45-48-51-60(64)71-57(53-67-58(62)49-46-43-40-37-34-21-18-15-12-9-6-3)55-69-72(65,66)68-54-56(52-61)70-59(63)50-47-44-41-38-35-32-30-25-23-20-17-14-11-8-5-2/h7-8,10-11,15-20,24-26,28-30,56-57,61H,4-6,9,12-14,21-23,27,31-55H2,1-3H3,(H,65,66)/b10-7-,11-8-,18-15-,19-16-,20-17-,26-24-,29-28-,30-25-. The van der Waals surface area contributed by atoms with E-state index in [0.717, 1.165) is 154 Å². The van der Waals surface area contributed by atoms with E-state index in [-0.39, 0.29) is 25.9 Å². The Bertz CT molecular complexity index is 1580. The quantitative estimate of drug-likeness (QED) is 0.0197. The number of hydrogen-bond donors (Lipinski definition) is 2. The van der Waals surface area contributed by atoms with Crippen LogP contribution in [0.4, 0.5) is 0 Å². The van der Waals surface area contributed by atoms with Gasteiger partial charge in [-0.3, -0.25) is 23.4 Å². The van der Waals surface area contributed by atoms with E-state index < -0.39 is 57.8 Å². The van der Waals surface area contributed by atoms with Crippen molar-refractivity contribution in [2.24, 2.45) is 0 Å². The van der Waals surface area contributed by atoms with Crippen LogP contribution >= 0.6 is 7.82 Å². The van der Waals surface area contributed by atoms with Crippen molar-refractivity contribution in [3.63, 3.8) is 0 Å². The minimum atomic E-state index is -4.76. The number of hydrogen-bond acceptors (Lipinski definition) is 10. The van der Waals surface area contributed by atoms with Gasteiger partial charge < -0.3 is 24.2 Å². The Hall–Kier alpha value is -3.60. The van der Waals surface area contributed by atoms with Crippen LogP contribution in [-0.2, 0) is 42.2 Å². The highest BCUT2D eigenvalue weighted by atomic mass is 31.2. The maximum Gasteiger partial charge on any atom is 0.472 e. The second-order valence-electron chi connectivity index (χ2n) is 18.3. The molecule has 0 aliphatic carbocycles. The summed E-state index contributed by atoms with van der Waals surface area (Å²) in [5.41, 5.74) is 0. The highest BCUT2D eigenvalue weighted by molar-refractivity contribution is 7.47. The zero-order valence-corrected chi connectivity index (χ0v) is 46.3. The second-order valence-corrected chi connectivity index (χ2v) is 19.8. The number of phosphoric acid groups is 1. The average molecular weight is 1030 g/mol. The molecule has 0 radical (unpaired) electrons. The molecule has 0 amide bonds. The molecule has 0 bridgehead atoms. The predicted octanol–water partition coefficient (Wildman–Crippen LogP) is 16.5. The van der Waals surface area contributed by atoms with Crippen molar-refractivity contribution in [1.82, 2.24) is 0 Å². The Morgan fingerprint density at radius 1 is 0.403 bits per heavy atom. The molecule has 0 fully saturated rings. The highest BCUT2D eigenvalue weighted by Gasteiger charge is 2.28. The topological polar surface area (TPSA) is 155 Å². The van der Waals surface area contributed by atoms with Crippen molar-refractivity contribution in [3.8, 4) is 0 Å². The minimum absolute atomic E-state index is 0.144. The van der Waals surface area contributed by atoms with Crippen molar-refractivity contribution in [3.05, 3.63) is 97.2 Å². The van der Waals surface area contributed by atoms with Crippen LogP contribution < -0.4 is 0 Å². The Morgan fingerprint density at radius 2 is 0.722 bits per heavy atom. The molecule has 0 aromatic carbocycles. The molecule has 11 nitrogen and oxygen atoms in total. The minimum Gasteiger partial charge on any atom is -0.462 e. The fourth-order valence-corrected chi connectivity index (χ4v) is 8.01. The van der Waals surface area contributed by atoms with Crippen molar-refractivity contribution in [1.29, 1.82) is 0 Å². The van der Waals surface area contributed by atoms with Gasteiger partial charge in [0.1, 0.15) is 12.7 Å². The first-order chi connectivity index (χ1) is 35.2. The van der Waals surface area contributed by atoms with Crippen LogP contribution in [0, 0.1) is 0 Å². The number of esters is 3. The molecule has 0 aliphatic heterocycles. The Kier molecular flexibility index (Phi) is 51.0. The summed E-state index contributed by atoms with van der Waals surface area (Å²) >= 11 is 0. The number of allylic oxidation sites excluding steroid dienone is 16. The van der Waals surface area contributed by atoms with Gasteiger partial charge in [-0.2, -0.15) is 0 Å². The number of aliphatic hydroxyl groups excluding tert-OH is 1. The normalized spacial score (nSPS) is 14.1. The predicted molar refractivity (Wildman–Crippen MR) is 297 cm³/mol. The Labute approximate surface area is 438 Å². The van der Waals surface area contributed by atoms with Crippen LogP contribution in [0.25, 0.3) is 0 Å². The smallest absolute Gasteiger partial charge is 0.462 e. The number of ether oxygens (including phenoxy) is 3. The lowest BCUT2D eigenvalue weighted by atomic mass is 10.1. The molecule has 0 aliphatic rings. The molecule has 0 spiro atoms. The zero-order valence-electron chi connectivity index (χ0n) is 45.4. The fraction of sp³-hybridized carbons (Fsp3) is 0.683. The lowest BCUT2D eigenvalue weighted by Crippen LogP contribution is -2.30. The van der Waals surface area contributed by atoms with Gasteiger partial charge in [0.25, 0.3) is 0 Å². The lowest BCUT2D eigenvalue weighted by molar-refractivity contribution is -0.161. The van der Waals surface area contributed by atoms with Gasteiger partial charge in [0.05, 0.1) is 19.8 Å². The third kappa shape index (κ3) is 51.3. The number of rotatable bonds is 51. The van der Waals surface area contributed by atoms with Gasteiger partial charge in [0.15, 0.2) is 6.10 Å². The van der Waals surface area contributed by atoms with Gasteiger partial charge in [-0.25, -0.2) is 4.57 Å². The van der Waals surface area contributed by atoms with E-state index in [2.05, 4.69) is 118 Å². The fourth-order valence-electron chi connectivity index (χ4n) is 7.22. The van der Waals surface area contributed by atoms with Crippen LogP contribution in [0.1, 0.15) is 226 Å². The molecular formula is C60H101O11P. The van der Waals surface area contributed by atoms with E-state index in [1.807, 2.05) is 0 Å².